The van der Waals surface area contributed by atoms with Gasteiger partial charge in [-0.2, -0.15) is 5.26 Å². The average Bonchev–Trinajstić information content (AvgIpc) is 3.01. The van der Waals surface area contributed by atoms with Crippen molar-refractivity contribution in [3.8, 4) is 6.07 Å². The number of aryl methyl sites for hydroxylation is 1. The fourth-order valence-corrected chi connectivity index (χ4v) is 4.24. The molecule has 1 aromatic heterocycles. The van der Waals surface area contributed by atoms with Gasteiger partial charge < -0.3 is 14.9 Å². The molecule has 0 aromatic carbocycles. The lowest BCUT2D eigenvalue weighted by atomic mass is 10.1. The van der Waals surface area contributed by atoms with Crippen LogP contribution in [0.2, 0.25) is 0 Å². The van der Waals surface area contributed by atoms with E-state index < -0.39 is 5.97 Å². The molecular weight excluding hydrogens is 298 g/mol. The molecule has 0 amide bonds. The molecule has 1 aromatic rings. The third kappa shape index (κ3) is 3.99. The maximum absolute atomic E-state index is 10.9. The SMILES string of the molecule is CN(C)CCCN(CCC(=O)O)c1sc2c(c1C#N)CCC2. The Hall–Kier alpha value is -1.58. The van der Waals surface area contributed by atoms with Crippen molar-refractivity contribution < 1.29 is 9.90 Å². The zero-order valence-electron chi connectivity index (χ0n) is 13.3. The van der Waals surface area contributed by atoms with Crippen molar-refractivity contribution in [2.24, 2.45) is 0 Å². The summed E-state index contributed by atoms with van der Waals surface area (Å²) in [6.07, 6.45) is 4.24. The van der Waals surface area contributed by atoms with Crippen molar-refractivity contribution in [1.29, 1.82) is 5.26 Å². The summed E-state index contributed by atoms with van der Waals surface area (Å²) >= 11 is 1.69. The largest absolute Gasteiger partial charge is 0.481 e. The van der Waals surface area contributed by atoms with Crippen LogP contribution < -0.4 is 4.90 Å². The first-order valence-electron chi connectivity index (χ1n) is 7.69. The highest BCUT2D eigenvalue weighted by molar-refractivity contribution is 7.16. The number of thiophene rings is 1. The van der Waals surface area contributed by atoms with Gasteiger partial charge >= 0.3 is 5.97 Å². The van der Waals surface area contributed by atoms with Gasteiger partial charge in [0.25, 0.3) is 0 Å². The van der Waals surface area contributed by atoms with E-state index in [1.807, 2.05) is 14.1 Å². The summed E-state index contributed by atoms with van der Waals surface area (Å²) in [5.41, 5.74) is 1.99. The van der Waals surface area contributed by atoms with Gasteiger partial charge in [-0.25, -0.2) is 0 Å². The maximum atomic E-state index is 10.9. The molecule has 0 atom stereocenters. The first-order chi connectivity index (χ1) is 10.5. The van der Waals surface area contributed by atoms with Crippen molar-refractivity contribution >= 4 is 22.3 Å². The van der Waals surface area contributed by atoms with Crippen molar-refractivity contribution in [3.63, 3.8) is 0 Å². The molecule has 0 unspecified atom stereocenters. The molecule has 1 N–H and O–H groups in total. The van der Waals surface area contributed by atoms with Crippen molar-refractivity contribution in [2.45, 2.75) is 32.1 Å². The molecule has 1 aliphatic carbocycles. The van der Waals surface area contributed by atoms with Gasteiger partial charge in [0.15, 0.2) is 0 Å². The number of nitriles is 1. The molecule has 2 rings (SSSR count). The minimum atomic E-state index is -0.791. The second-order valence-corrected chi connectivity index (χ2v) is 7.02. The summed E-state index contributed by atoms with van der Waals surface area (Å²) in [4.78, 5) is 16.4. The third-order valence-corrected chi connectivity index (χ3v) is 5.28. The summed E-state index contributed by atoms with van der Waals surface area (Å²) < 4.78 is 0. The molecule has 0 aliphatic heterocycles. The zero-order chi connectivity index (χ0) is 16.1. The Kier molecular flexibility index (Phi) is 5.81. The Morgan fingerprint density at radius 2 is 2.09 bits per heavy atom. The molecule has 6 heteroatoms. The number of carboxylic acids is 1. The number of hydrogen-bond acceptors (Lipinski definition) is 5. The van der Waals surface area contributed by atoms with Crippen molar-refractivity contribution in [3.05, 3.63) is 16.0 Å². The van der Waals surface area contributed by atoms with E-state index in [0.29, 0.717) is 6.54 Å². The Labute approximate surface area is 135 Å². The molecule has 5 nitrogen and oxygen atoms in total. The quantitative estimate of drug-likeness (QED) is 0.796. The van der Waals surface area contributed by atoms with Gasteiger partial charge in [0, 0.05) is 18.0 Å². The molecular formula is C16H23N3O2S. The highest BCUT2D eigenvalue weighted by atomic mass is 32.1. The van der Waals surface area contributed by atoms with E-state index in [9.17, 15) is 10.1 Å². The Morgan fingerprint density at radius 1 is 1.32 bits per heavy atom. The molecule has 120 valence electrons. The van der Waals surface area contributed by atoms with Crippen molar-refractivity contribution in [1.82, 2.24) is 4.90 Å². The van der Waals surface area contributed by atoms with Crippen LogP contribution in [-0.4, -0.2) is 49.7 Å². The fourth-order valence-electron chi connectivity index (χ4n) is 2.85. The second kappa shape index (κ2) is 7.61. The second-order valence-electron chi connectivity index (χ2n) is 5.94. The van der Waals surface area contributed by atoms with Crippen LogP contribution in [0.25, 0.3) is 0 Å². The number of hydrogen-bond donors (Lipinski definition) is 1. The Morgan fingerprint density at radius 3 is 2.73 bits per heavy atom. The summed E-state index contributed by atoms with van der Waals surface area (Å²) in [5, 5.41) is 19.5. The fraction of sp³-hybridized carbons (Fsp3) is 0.625. The number of anilines is 1. The molecule has 0 fully saturated rings. The van der Waals surface area contributed by atoms with Gasteiger partial charge in [-0.3, -0.25) is 4.79 Å². The third-order valence-electron chi connectivity index (χ3n) is 3.93. The van der Waals surface area contributed by atoms with Crippen LogP contribution in [-0.2, 0) is 17.6 Å². The normalized spacial score (nSPS) is 13.2. The molecule has 22 heavy (non-hydrogen) atoms. The standard InChI is InChI=1S/C16H23N3O2S/c1-18(2)8-4-9-19(10-7-15(20)21)16-13(11-17)12-5-3-6-14(12)22-16/h3-10H2,1-2H3,(H,20,21). The number of aliphatic carboxylic acids is 1. The topological polar surface area (TPSA) is 67.6 Å². The van der Waals surface area contributed by atoms with Gasteiger partial charge in [-0.1, -0.05) is 0 Å². The lowest BCUT2D eigenvalue weighted by Gasteiger charge is -2.24. The highest BCUT2D eigenvalue weighted by Crippen LogP contribution is 2.40. The first-order valence-corrected chi connectivity index (χ1v) is 8.50. The van der Waals surface area contributed by atoms with E-state index in [2.05, 4.69) is 15.9 Å². The van der Waals surface area contributed by atoms with Crippen LogP contribution in [0.15, 0.2) is 0 Å². The summed E-state index contributed by atoms with van der Waals surface area (Å²) in [6.45, 7) is 2.22. The first kappa shape index (κ1) is 16.8. The van der Waals surface area contributed by atoms with Gasteiger partial charge in [0.05, 0.1) is 12.0 Å². The van der Waals surface area contributed by atoms with E-state index >= 15 is 0 Å². The minimum Gasteiger partial charge on any atom is -0.481 e. The van der Waals surface area contributed by atoms with Gasteiger partial charge in [-0.15, -0.1) is 11.3 Å². The molecule has 1 heterocycles. The number of fused-ring (bicyclic) bond motifs is 1. The number of carboxylic acid groups (broad SMARTS) is 1. The summed E-state index contributed by atoms with van der Waals surface area (Å²) in [7, 11) is 4.06. The van der Waals surface area contributed by atoms with Gasteiger partial charge in [0.1, 0.15) is 11.1 Å². The van der Waals surface area contributed by atoms with E-state index in [1.165, 1.54) is 10.4 Å². The molecule has 0 saturated carbocycles. The van der Waals surface area contributed by atoms with Crippen LogP contribution >= 0.6 is 11.3 Å². The zero-order valence-corrected chi connectivity index (χ0v) is 14.1. The Bertz CT molecular complexity index is 575. The minimum absolute atomic E-state index is 0.107. The van der Waals surface area contributed by atoms with E-state index in [4.69, 9.17) is 5.11 Å². The predicted molar refractivity (Wildman–Crippen MR) is 88.7 cm³/mol. The van der Waals surface area contributed by atoms with Crippen LogP contribution in [0.1, 0.15) is 35.3 Å². The van der Waals surface area contributed by atoms with Crippen LogP contribution in [0.3, 0.4) is 0 Å². The van der Waals surface area contributed by atoms with E-state index in [-0.39, 0.29) is 6.42 Å². The molecule has 0 bridgehead atoms. The van der Waals surface area contributed by atoms with Crippen molar-refractivity contribution in [2.75, 3.05) is 38.6 Å². The summed E-state index contributed by atoms with van der Waals surface area (Å²) in [6, 6.07) is 2.35. The van der Waals surface area contributed by atoms with Crippen LogP contribution in [0.5, 0.6) is 0 Å². The molecule has 1 aliphatic rings. The van der Waals surface area contributed by atoms with Gasteiger partial charge in [0.2, 0.25) is 0 Å². The Balaban J connectivity index is 2.16. The lowest BCUT2D eigenvalue weighted by molar-refractivity contribution is -0.136. The lowest BCUT2D eigenvalue weighted by Crippen LogP contribution is -2.29. The number of nitrogens with zero attached hydrogens (tertiary/aromatic N) is 3. The summed E-state index contributed by atoms with van der Waals surface area (Å²) in [5.74, 6) is -0.791. The molecule has 0 saturated heterocycles. The highest BCUT2D eigenvalue weighted by Gasteiger charge is 2.25. The smallest absolute Gasteiger partial charge is 0.305 e. The molecule has 0 spiro atoms. The van der Waals surface area contributed by atoms with E-state index in [0.717, 1.165) is 49.3 Å². The monoisotopic (exact) mass is 321 g/mol. The van der Waals surface area contributed by atoms with Crippen LogP contribution in [0, 0.1) is 11.3 Å². The number of rotatable bonds is 8. The predicted octanol–water partition coefficient (Wildman–Crippen LogP) is 2.34. The maximum Gasteiger partial charge on any atom is 0.305 e. The van der Waals surface area contributed by atoms with Gasteiger partial charge in [-0.05, 0) is 51.9 Å². The number of carbonyl (C=O) groups is 1. The average molecular weight is 321 g/mol. The van der Waals surface area contributed by atoms with Crippen LogP contribution in [0.4, 0.5) is 5.00 Å². The molecule has 0 radical (unpaired) electrons. The van der Waals surface area contributed by atoms with E-state index in [1.54, 1.807) is 11.3 Å².